The third-order valence-electron chi connectivity index (χ3n) is 9.74. The van der Waals surface area contributed by atoms with Crippen LogP contribution in [0.25, 0.3) is 0 Å². The minimum atomic E-state index is -2.19. The summed E-state index contributed by atoms with van der Waals surface area (Å²) in [6.07, 6.45) is 20.5. The van der Waals surface area contributed by atoms with Crippen molar-refractivity contribution in [1.29, 1.82) is 0 Å². The van der Waals surface area contributed by atoms with Gasteiger partial charge in [-0.2, -0.15) is 0 Å². The summed E-state index contributed by atoms with van der Waals surface area (Å²) in [6.45, 7) is 17.4. The average Bonchev–Trinajstić information content (AvgIpc) is 3.12. The molecule has 2 aliphatic carbocycles. The average molecular weight is 552 g/mol. The van der Waals surface area contributed by atoms with Crippen LogP contribution in [0.5, 0.6) is 0 Å². The van der Waals surface area contributed by atoms with Gasteiger partial charge in [0, 0.05) is 0 Å². The first kappa shape index (κ1) is 28.8. The van der Waals surface area contributed by atoms with Crippen molar-refractivity contribution >= 4 is 18.4 Å². The Morgan fingerprint density at radius 3 is 2.00 bits per heavy atom. The van der Waals surface area contributed by atoms with E-state index in [1.165, 1.54) is 89.9 Å². The SMILES string of the molecule is CCC[CH2][Sn](/[CH]=C1\CCC[C@]2(C)C([C@H](C)CCCC(C)C)CC[C@@H]12)([CH2]CCC)[CH2]CCC. The van der Waals surface area contributed by atoms with E-state index in [1.807, 2.05) is 5.57 Å². The second-order valence-electron chi connectivity index (χ2n) is 12.8. The molecule has 0 N–H and O–H groups in total. The van der Waals surface area contributed by atoms with Crippen LogP contribution < -0.4 is 0 Å². The molecule has 0 aromatic heterocycles. The van der Waals surface area contributed by atoms with Crippen molar-refractivity contribution in [3.63, 3.8) is 0 Å². The monoisotopic (exact) mass is 552 g/mol. The zero-order chi connectivity index (χ0) is 23.6. The Kier molecular flexibility index (Phi) is 12.8. The Morgan fingerprint density at radius 1 is 0.875 bits per heavy atom. The molecule has 0 aliphatic heterocycles. The fourth-order valence-electron chi connectivity index (χ4n) is 7.81. The van der Waals surface area contributed by atoms with E-state index in [-0.39, 0.29) is 0 Å². The van der Waals surface area contributed by atoms with Crippen LogP contribution in [0.2, 0.25) is 13.3 Å². The Bertz CT molecular complexity index is 525. The zero-order valence-electron chi connectivity index (χ0n) is 23.4. The standard InChI is InChI=1S/C19H33.3C4H9.Sn/c1-14(2)8-6-9-15(3)17-11-12-18-16(4)10-7-13-19(17,18)5;3*1-3-4-2;/h4,14-15,17-18H,6-13H2,1-3,5H3;3*1,3-4H2,2H3;/t15-,17?,18+,19-;;;;/m1..../s1. The van der Waals surface area contributed by atoms with E-state index in [0.717, 1.165) is 23.7 Å². The first-order chi connectivity index (χ1) is 15.3. The van der Waals surface area contributed by atoms with Gasteiger partial charge in [0.15, 0.2) is 0 Å². The Hall–Kier alpha value is 0.539. The van der Waals surface area contributed by atoms with Gasteiger partial charge in [-0.15, -0.1) is 0 Å². The molecule has 2 rings (SSSR count). The zero-order valence-corrected chi connectivity index (χ0v) is 26.3. The molecule has 0 radical (unpaired) electrons. The second kappa shape index (κ2) is 14.2. The molecule has 2 fully saturated rings. The predicted molar refractivity (Wildman–Crippen MR) is 149 cm³/mol. The molecule has 0 saturated heterocycles. The van der Waals surface area contributed by atoms with Crippen LogP contribution in [0.4, 0.5) is 0 Å². The number of rotatable bonds is 15. The van der Waals surface area contributed by atoms with Crippen LogP contribution in [-0.2, 0) is 0 Å². The topological polar surface area (TPSA) is 0 Å². The molecule has 0 aromatic carbocycles. The van der Waals surface area contributed by atoms with E-state index in [4.69, 9.17) is 0 Å². The van der Waals surface area contributed by atoms with Crippen LogP contribution >= 0.6 is 0 Å². The number of allylic oxidation sites excluding steroid dienone is 1. The summed E-state index contributed by atoms with van der Waals surface area (Å²) in [4.78, 5) is 0. The van der Waals surface area contributed by atoms with E-state index in [0.29, 0.717) is 5.41 Å². The second-order valence-corrected chi connectivity index (χ2v) is 25.7. The van der Waals surface area contributed by atoms with Crippen LogP contribution in [0.1, 0.15) is 138 Å². The van der Waals surface area contributed by atoms with Gasteiger partial charge in [-0.05, 0) is 0 Å². The van der Waals surface area contributed by atoms with Crippen molar-refractivity contribution < 1.29 is 0 Å². The molecule has 188 valence electrons. The summed E-state index contributed by atoms with van der Waals surface area (Å²) in [6, 6.07) is 0. The summed E-state index contributed by atoms with van der Waals surface area (Å²) in [5, 5.41) is 0. The van der Waals surface area contributed by atoms with Crippen molar-refractivity contribution in [3.8, 4) is 0 Å². The van der Waals surface area contributed by atoms with Gasteiger partial charge in [-0.25, -0.2) is 0 Å². The number of hydrogen-bond acceptors (Lipinski definition) is 0. The molecule has 0 heterocycles. The van der Waals surface area contributed by atoms with E-state index >= 15 is 0 Å². The molecule has 0 bridgehead atoms. The Morgan fingerprint density at radius 2 is 1.47 bits per heavy atom. The third kappa shape index (κ3) is 7.78. The Labute approximate surface area is 208 Å². The minimum absolute atomic E-state index is 0.610. The molecule has 0 amide bonds. The van der Waals surface area contributed by atoms with Crippen molar-refractivity contribution in [1.82, 2.24) is 0 Å². The molecule has 4 atom stereocenters. The quantitative estimate of drug-likeness (QED) is 0.178. The van der Waals surface area contributed by atoms with Crippen molar-refractivity contribution in [2.45, 2.75) is 152 Å². The molecule has 0 nitrogen and oxygen atoms in total. The molecule has 2 aliphatic rings. The molecular formula is C31H60Sn. The molecule has 0 spiro atoms. The van der Waals surface area contributed by atoms with Gasteiger partial charge in [0.1, 0.15) is 0 Å². The van der Waals surface area contributed by atoms with E-state index in [9.17, 15) is 0 Å². The van der Waals surface area contributed by atoms with Gasteiger partial charge in [-0.1, -0.05) is 0 Å². The molecular weight excluding hydrogens is 491 g/mol. The van der Waals surface area contributed by atoms with Gasteiger partial charge < -0.3 is 0 Å². The summed E-state index contributed by atoms with van der Waals surface area (Å²) in [5.74, 6) is 3.72. The molecule has 2 saturated carbocycles. The molecule has 1 unspecified atom stereocenters. The van der Waals surface area contributed by atoms with Crippen LogP contribution in [0.15, 0.2) is 9.67 Å². The van der Waals surface area contributed by atoms with Gasteiger partial charge in [-0.3, -0.25) is 0 Å². The van der Waals surface area contributed by atoms with Gasteiger partial charge in [0.2, 0.25) is 0 Å². The van der Waals surface area contributed by atoms with Crippen LogP contribution in [-0.4, -0.2) is 18.4 Å². The number of fused-ring (bicyclic) bond motifs is 1. The summed E-state index contributed by atoms with van der Waals surface area (Å²) in [5.41, 5.74) is 2.62. The molecule has 32 heavy (non-hydrogen) atoms. The van der Waals surface area contributed by atoms with E-state index in [1.54, 1.807) is 13.3 Å². The van der Waals surface area contributed by atoms with Crippen molar-refractivity contribution in [3.05, 3.63) is 9.67 Å². The molecule has 0 aromatic rings. The van der Waals surface area contributed by atoms with Crippen molar-refractivity contribution in [2.24, 2.45) is 29.1 Å². The third-order valence-corrected chi connectivity index (χ3v) is 24.1. The van der Waals surface area contributed by atoms with Gasteiger partial charge in [0.05, 0.1) is 0 Å². The van der Waals surface area contributed by atoms with Gasteiger partial charge >= 0.3 is 209 Å². The normalized spacial score (nSPS) is 28.4. The fraction of sp³-hybridized carbons (Fsp3) is 0.935. The maximum atomic E-state index is 3.16. The van der Waals surface area contributed by atoms with E-state index < -0.39 is 18.4 Å². The maximum absolute atomic E-state index is 3.16. The fourth-order valence-corrected chi connectivity index (χ4v) is 23.5. The molecule has 1 heteroatoms. The predicted octanol–water partition coefficient (Wildman–Crippen LogP) is 11.0. The van der Waals surface area contributed by atoms with E-state index in [2.05, 4.69) is 52.6 Å². The summed E-state index contributed by atoms with van der Waals surface area (Å²) >= 11 is -2.19. The van der Waals surface area contributed by atoms with Crippen LogP contribution in [0.3, 0.4) is 0 Å². The summed E-state index contributed by atoms with van der Waals surface area (Å²) < 4.78 is 8.09. The first-order valence-corrected chi connectivity index (χ1v) is 22.7. The van der Waals surface area contributed by atoms with Gasteiger partial charge in [0.25, 0.3) is 0 Å². The summed E-state index contributed by atoms with van der Waals surface area (Å²) in [7, 11) is 0. The Balaban J connectivity index is 2.23. The number of hydrogen-bond donors (Lipinski definition) is 0. The van der Waals surface area contributed by atoms with Crippen LogP contribution in [0, 0.1) is 29.1 Å². The first-order valence-electron chi connectivity index (χ1n) is 15.0. The number of unbranched alkanes of at least 4 members (excludes halogenated alkanes) is 3. The van der Waals surface area contributed by atoms with Crippen molar-refractivity contribution in [2.75, 3.05) is 0 Å².